The van der Waals surface area contributed by atoms with E-state index in [4.69, 9.17) is 17.3 Å². The molecule has 20 heavy (non-hydrogen) atoms. The van der Waals surface area contributed by atoms with Gasteiger partial charge >= 0.3 is 0 Å². The lowest BCUT2D eigenvalue weighted by molar-refractivity contribution is 0.0795. The van der Waals surface area contributed by atoms with Crippen LogP contribution in [0.4, 0.5) is 18.9 Å². The monoisotopic (exact) mass is 303 g/mol. The van der Waals surface area contributed by atoms with E-state index in [-0.39, 0.29) is 22.8 Å². The van der Waals surface area contributed by atoms with Gasteiger partial charge in [0.2, 0.25) is 0 Å². The number of nitrogen functional groups attached to an aromatic ring is 1. The third-order valence-corrected chi connectivity index (χ3v) is 2.57. The van der Waals surface area contributed by atoms with E-state index in [1.807, 2.05) is 0 Å². The third kappa shape index (κ3) is 3.30. The highest BCUT2D eigenvalue weighted by molar-refractivity contribution is 6.30. The Morgan fingerprint density at radius 2 is 2.00 bits per heavy atom. The van der Waals surface area contributed by atoms with Gasteiger partial charge < -0.3 is 10.5 Å². The van der Waals surface area contributed by atoms with E-state index < -0.39 is 18.8 Å². The first-order valence-electron chi connectivity index (χ1n) is 5.47. The molecular formula is C12H9ClF3N3O. The number of hydrogen-bond donors (Lipinski definition) is 1. The van der Waals surface area contributed by atoms with Gasteiger partial charge in [0.15, 0.2) is 6.61 Å². The zero-order valence-corrected chi connectivity index (χ0v) is 10.7. The maximum absolute atomic E-state index is 13.6. The minimum Gasteiger partial charge on any atom is -0.469 e. The number of aromatic nitrogens is 2. The highest BCUT2D eigenvalue weighted by atomic mass is 35.5. The maximum atomic E-state index is 13.6. The molecule has 2 rings (SSSR count). The molecule has 1 heterocycles. The molecule has 4 nitrogen and oxygen atoms in total. The normalized spacial score (nSPS) is 10.8. The second-order valence-corrected chi connectivity index (χ2v) is 4.25. The van der Waals surface area contributed by atoms with E-state index >= 15 is 0 Å². The van der Waals surface area contributed by atoms with Crippen LogP contribution in [0.25, 0.3) is 11.3 Å². The van der Waals surface area contributed by atoms with Gasteiger partial charge in [-0.05, 0) is 24.3 Å². The fourth-order valence-corrected chi connectivity index (χ4v) is 1.65. The van der Waals surface area contributed by atoms with Gasteiger partial charge in [0, 0.05) is 10.6 Å². The predicted molar refractivity (Wildman–Crippen MR) is 68.3 cm³/mol. The largest absolute Gasteiger partial charge is 0.469 e. The summed E-state index contributed by atoms with van der Waals surface area (Å²) in [5, 5.41) is 7.57. The third-order valence-electron chi connectivity index (χ3n) is 2.34. The molecule has 0 fully saturated rings. The van der Waals surface area contributed by atoms with Crippen LogP contribution >= 0.6 is 11.6 Å². The lowest BCUT2D eigenvalue weighted by atomic mass is 10.1. The molecule has 0 saturated heterocycles. The average molecular weight is 304 g/mol. The van der Waals surface area contributed by atoms with Gasteiger partial charge in [0.25, 0.3) is 12.3 Å². The van der Waals surface area contributed by atoms with Crippen LogP contribution in [0, 0.1) is 5.82 Å². The van der Waals surface area contributed by atoms with E-state index in [2.05, 4.69) is 14.9 Å². The quantitative estimate of drug-likeness (QED) is 0.942. The van der Waals surface area contributed by atoms with Crippen LogP contribution in [0.1, 0.15) is 0 Å². The molecule has 2 N–H and O–H groups in total. The molecule has 0 spiro atoms. The summed E-state index contributed by atoms with van der Waals surface area (Å²) in [5.74, 6) is -0.777. The number of nitrogens with zero attached hydrogens (tertiary/aromatic N) is 2. The Bertz CT molecular complexity index is 625. The summed E-state index contributed by atoms with van der Waals surface area (Å²) < 4.78 is 42.3. The summed E-state index contributed by atoms with van der Waals surface area (Å²) in [6.45, 7) is -0.843. The van der Waals surface area contributed by atoms with Crippen molar-refractivity contribution in [3.8, 4) is 17.1 Å². The van der Waals surface area contributed by atoms with Gasteiger partial charge in [-0.25, -0.2) is 13.2 Å². The van der Waals surface area contributed by atoms with Gasteiger partial charge in [-0.3, -0.25) is 0 Å². The number of anilines is 1. The van der Waals surface area contributed by atoms with Crippen LogP contribution in [-0.4, -0.2) is 23.2 Å². The Labute approximate surface area is 117 Å². The Morgan fingerprint density at radius 3 is 2.65 bits per heavy atom. The molecular weight excluding hydrogens is 295 g/mol. The predicted octanol–water partition coefficient (Wildman–Crippen LogP) is 3.16. The van der Waals surface area contributed by atoms with Crippen molar-refractivity contribution in [2.75, 3.05) is 12.3 Å². The molecule has 0 unspecified atom stereocenters. The van der Waals surface area contributed by atoms with Crippen LogP contribution in [-0.2, 0) is 0 Å². The Kier molecular flexibility index (Phi) is 4.29. The van der Waals surface area contributed by atoms with Crippen molar-refractivity contribution in [2.24, 2.45) is 0 Å². The summed E-state index contributed by atoms with van der Waals surface area (Å²) in [5.41, 5.74) is 5.83. The van der Waals surface area contributed by atoms with E-state index in [1.165, 1.54) is 24.3 Å². The molecule has 0 aliphatic rings. The number of benzene rings is 1. The standard InChI is InChI=1S/C12H9ClF3N3O/c13-6-1-2-8(14)7(3-6)10-4-9(17)12(19-18-10)20-5-11(15)16/h1-4,11H,5H2,(H2,17,18). The van der Waals surface area contributed by atoms with Crippen molar-refractivity contribution >= 4 is 17.3 Å². The second-order valence-electron chi connectivity index (χ2n) is 3.82. The maximum Gasteiger partial charge on any atom is 0.272 e. The number of hydrogen-bond acceptors (Lipinski definition) is 4. The summed E-state index contributed by atoms with van der Waals surface area (Å²) in [4.78, 5) is 0. The summed E-state index contributed by atoms with van der Waals surface area (Å²) in [6.07, 6.45) is -2.65. The molecule has 0 radical (unpaired) electrons. The molecule has 8 heteroatoms. The van der Waals surface area contributed by atoms with Crippen molar-refractivity contribution in [3.63, 3.8) is 0 Å². The van der Waals surface area contributed by atoms with E-state index in [0.717, 1.165) is 0 Å². The fraction of sp³-hybridized carbons (Fsp3) is 0.167. The van der Waals surface area contributed by atoms with Crippen molar-refractivity contribution in [2.45, 2.75) is 6.43 Å². The molecule has 1 aromatic heterocycles. The number of alkyl halides is 2. The number of ether oxygens (including phenoxy) is 1. The molecule has 0 saturated carbocycles. The molecule has 0 atom stereocenters. The lowest BCUT2D eigenvalue weighted by Gasteiger charge is -2.08. The second kappa shape index (κ2) is 5.96. The van der Waals surface area contributed by atoms with Gasteiger partial charge in [-0.1, -0.05) is 11.6 Å². The molecule has 0 bridgehead atoms. The first-order chi connectivity index (χ1) is 9.47. The van der Waals surface area contributed by atoms with Crippen molar-refractivity contribution in [3.05, 3.63) is 35.1 Å². The zero-order valence-electron chi connectivity index (χ0n) is 9.99. The van der Waals surface area contributed by atoms with Crippen molar-refractivity contribution in [1.29, 1.82) is 0 Å². The Balaban J connectivity index is 2.31. The SMILES string of the molecule is Nc1cc(-c2cc(Cl)ccc2F)nnc1OCC(F)F. The smallest absolute Gasteiger partial charge is 0.272 e. The van der Waals surface area contributed by atoms with Gasteiger partial charge in [0.1, 0.15) is 5.82 Å². The number of halogens is 4. The van der Waals surface area contributed by atoms with E-state index in [9.17, 15) is 13.2 Å². The van der Waals surface area contributed by atoms with E-state index in [0.29, 0.717) is 5.02 Å². The summed E-state index contributed by atoms with van der Waals surface area (Å²) >= 11 is 5.77. The fourth-order valence-electron chi connectivity index (χ4n) is 1.47. The first kappa shape index (κ1) is 14.4. The van der Waals surface area contributed by atoms with Crippen LogP contribution in [0.15, 0.2) is 24.3 Å². The summed E-state index contributed by atoms with van der Waals surface area (Å²) in [6, 6.07) is 5.20. The minimum atomic E-state index is -2.65. The van der Waals surface area contributed by atoms with Gasteiger partial charge in [-0.2, -0.15) is 0 Å². The Hall–Kier alpha value is -2.02. The van der Waals surface area contributed by atoms with Crippen LogP contribution in [0.3, 0.4) is 0 Å². The van der Waals surface area contributed by atoms with Crippen molar-refractivity contribution < 1.29 is 17.9 Å². The molecule has 1 aromatic carbocycles. The Morgan fingerprint density at radius 1 is 1.25 bits per heavy atom. The van der Waals surface area contributed by atoms with Gasteiger partial charge in [-0.15, -0.1) is 10.2 Å². The molecule has 106 valence electrons. The zero-order chi connectivity index (χ0) is 14.7. The molecule has 2 aromatic rings. The summed E-state index contributed by atoms with van der Waals surface area (Å²) in [7, 11) is 0. The number of nitrogens with two attached hydrogens (primary N) is 1. The van der Waals surface area contributed by atoms with Gasteiger partial charge in [0.05, 0.1) is 11.4 Å². The molecule has 0 aliphatic heterocycles. The molecule has 0 aliphatic carbocycles. The van der Waals surface area contributed by atoms with Crippen LogP contribution in [0.5, 0.6) is 5.88 Å². The van der Waals surface area contributed by atoms with Crippen LogP contribution in [0.2, 0.25) is 5.02 Å². The molecule has 0 amide bonds. The van der Waals surface area contributed by atoms with Crippen molar-refractivity contribution in [1.82, 2.24) is 10.2 Å². The lowest BCUT2D eigenvalue weighted by Crippen LogP contribution is -2.10. The average Bonchev–Trinajstić information content (AvgIpc) is 2.40. The van der Waals surface area contributed by atoms with E-state index in [1.54, 1.807) is 0 Å². The number of rotatable bonds is 4. The first-order valence-corrected chi connectivity index (χ1v) is 5.84. The minimum absolute atomic E-state index is 0.0185. The topological polar surface area (TPSA) is 61.0 Å². The van der Waals surface area contributed by atoms with Crippen LogP contribution < -0.4 is 10.5 Å². The highest BCUT2D eigenvalue weighted by Gasteiger charge is 2.13. The highest BCUT2D eigenvalue weighted by Crippen LogP contribution is 2.28.